The summed E-state index contributed by atoms with van der Waals surface area (Å²) in [4.78, 5) is 0. The minimum absolute atomic E-state index is 0.0731. The van der Waals surface area contributed by atoms with Gasteiger partial charge in [0.1, 0.15) is 11.6 Å². The zero-order valence-electron chi connectivity index (χ0n) is 26.1. The zero-order valence-corrected chi connectivity index (χ0v) is 26.9. The lowest BCUT2D eigenvalue weighted by Crippen LogP contribution is -2.38. The summed E-state index contributed by atoms with van der Waals surface area (Å²) in [5.74, 6) is -0.514. The van der Waals surface area contributed by atoms with Crippen molar-refractivity contribution in [2.45, 2.75) is 64.5 Å². The molecule has 46 heavy (non-hydrogen) atoms. The van der Waals surface area contributed by atoms with Crippen molar-refractivity contribution < 1.29 is 21.4 Å². The third-order valence-electron chi connectivity index (χ3n) is 10.3. The van der Waals surface area contributed by atoms with E-state index in [0.29, 0.717) is 12.8 Å². The summed E-state index contributed by atoms with van der Waals surface area (Å²) in [6, 6.07) is 12.9. The summed E-state index contributed by atoms with van der Waals surface area (Å²) in [7, 11) is -3.50. The largest absolute Gasteiger partial charge is 0.327 e. The molecule has 2 fully saturated rings. The minimum atomic E-state index is -3.50. The molecule has 4 aliphatic rings. The second kappa shape index (κ2) is 11.1. The molecule has 4 aliphatic carbocycles. The molecule has 0 amide bonds. The van der Waals surface area contributed by atoms with Gasteiger partial charge in [-0.1, -0.05) is 25.0 Å². The van der Waals surface area contributed by atoms with E-state index in [2.05, 4.69) is 36.2 Å². The molecule has 0 bridgehead atoms. The second-order valence-electron chi connectivity index (χ2n) is 13.4. The molecule has 0 saturated heterocycles. The Morgan fingerprint density at radius 2 is 1.24 bits per heavy atom. The third-order valence-corrected chi connectivity index (χ3v) is 10.9. The standard InChI is InChI=1S/C18H19FN2O3S.C17H18FN3/c1-18-10-12-11-20-21(15-6-4-14(19)5-7-15)16(12)9-13(18)3-8-17(18)24-25(2,22)23;1-17-9-11-10-20-21(14-5-3-13(18)4-6-14)15(11)8-12(17)2-7-16(17)19/h4-7,9,11,17H,3,8,10H2,1-2H3;3-6,8,10,16H,2,7,9,19H2,1H3/t17-,18-;16-,17+/m01/s1. The van der Waals surface area contributed by atoms with E-state index in [1.54, 1.807) is 35.1 Å². The Balaban J connectivity index is 0.000000149. The van der Waals surface area contributed by atoms with E-state index in [9.17, 15) is 17.2 Å². The highest BCUT2D eigenvalue weighted by Crippen LogP contribution is 2.51. The third kappa shape index (κ3) is 5.34. The van der Waals surface area contributed by atoms with Crippen LogP contribution in [-0.2, 0) is 27.1 Å². The fourth-order valence-corrected chi connectivity index (χ4v) is 8.35. The van der Waals surface area contributed by atoms with Crippen LogP contribution in [0.1, 0.15) is 62.0 Å². The number of fused-ring (bicyclic) bond motifs is 4. The summed E-state index contributed by atoms with van der Waals surface area (Å²) >= 11 is 0. The van der Waals surface area contributed by atoms with Crippen molar-refractivity contribution in [1.82, 2.24) is 19.6 Å². The van der Waals surface area contributed by atoms with Crippen LogP contribution in [0.2, 0.25) is 0 Å². The maximum atomic E-state index is 13.2. The molecule has 240 valence electrons. The lowest BCUT2D eigenvalue weighted by atomic mass is 9.73. The number of hydrogen-bond donors (Lipinski definition) is 1. The molecule has 2 heterocycles. The summed E-state index contributed by atoms with van der Waals surface area (Å²) < 4.78 is 58.4. The van der Waals surface area contributed by atoms with Crippen molar-refractivity contribution in [1.29, 1.82) is 0 Å². The Morgan fingerprint density at radius 1 is 0.783 bits per heavy atom. The molecule has 11 heteroatoms. The van der Waals surface area contributed by atoms with Crippen LogP contribution in [0.3, 0.4) is 0 Å². The number of nitrogens with zero attached hydrogens (tertiary/aromatic N) is 4. The maximum Gasteiger partial charge on any atom is 0.264 e. The van der Waals surface area contributed by atoms with Gasteiger partial charge in [0.2, 0.25) is 0 Å². The zero-order chi connectivity index (χ0) is 32.4. The lowest BCUT2D eigenvalue weighted by Gasteiger charge is -2.34. The summed E-state index contributed by atoms with van der Waals surface area (Å²) in [6.07, 6.45) is 14.0. The van der Waals surface area contributed by atoms with Crippen molar-refractivity contribution in [3.8, 4) is 11.4 Å². The number of nitrogens with two attached hydrogens (primary N) is 1. The molecule has 0 aliphatic heterocycles. The predicted octanol–water partition coefficient (Wildman–Crippen LogP) is 6.17. The second-order valence-corrected chi connectivity index (χ2v) is 15.0. The van der Waals surface area contributed by atoms with Crippen LogP contribution in [0, 0.1) is 22.5 Å². The van der Waals surface area contributed by atoms with Crippen LogP contribution < -0.4 is 5.73 Å². The molecule has 2 aromatic heterocycles. The summed E-state index contributed by atoms with van der Waals surface area (Å²) in [5, 5.41) is 8.94. The summed E-state index contributed by atoms with van der Waals surface area (Å²) in [5.41, 5.74) is 14.7. The van der Waals surface area contributed by atoms with Gasteiger partial charge in [0, 0.05) is 16.9 Å². The van der Waals surface area contributed by atoms with Gasteiger partial charge < -0.3 is 5.73 Å². The Bertz CT molecular complexity index is 1980. The fraction of sp³-hybridized carbons (Fsp3) is 0.371. The quantitative estimate of drug-likeness (QED) is 0.266. The van der Waals surface area contributed by atoms with Crippen LogP contribution in [-0.4, -0.2) is 46.4 Å². The van der Waals surface area contributed by atoms with Crippen LogP contribution in [0.15, 0.2) is 72.1 Å². The van der Waals surface area contributed by atoms with Crippen LogP contribution in [0.5, 0.6) is 0 Å². The Hall–Kier alpha value is -3.93. The molecule has 2 N–H and O–H groups in total. The van der Waals surface area contributed by atoms with Crippen molar-refractivity contribution >= 4 is 22.3 Å². The van der Waals surface area contributed by atoms with Gasteiger partial charge in [-0.25, -0.2) is 18.1 Å². The van der Waals surface area contributed by atoms with Gasteiger partial charge in [-0.3, -0.25) is 4.18 Å². The van der Waals surface area contributed by atoms with E-state index < -0.39 is 10.1 Å². The number of hydrogen-bond acceptors (Lipinski definition) is 6. The normalized spacial score (nSPS) is 26.2. The smallest absolute Gasteiger partial charge is 0.264 e. The predicted molar refractivity (Wildman–Crippen MR) is 173 cm³/mol. The molecule has 4 atom stereocenters. The van der Waals surface area contributed by atoms with Gasteiger partial charge in [-0.15, -0.1) is 0 Å². The number of aromatic nitrogens is 4. The molecule has 0 spiro atoms. The molecule has 0 radical (unpaired) electrons. The highest BCUT2D eigenvalue weighted by atomic mass is 32.2. The van der Waals surface area contributed by atoms with Crippen LogP contribution >= 0.6 is 0 Å². The van der Waals surface area contributed by atoms with E-state index >= 15 is 0 Å². The summed E-state index contributed by atoms with van der Waals surface area (Å²) in [6.45, 7) is 4.31. The lowest BCUT2D eigenvalue weighted by molar-refractivity contribution is 0.115. The maximum absolute atomic E-state index is 13.2. The van der Waals surface area contributed by atoms with E-state index in [0.717, 1.165) is 60.3 Å². The molecule has 8 rings (SSSR count). The molecular weight excluding hydrogens is 608 g/mol. The Kier molecular flexibility index (Phi) is 7.41. The first-order valence-electron chi connectivity index (χ1n) is 15.6. The first kappa shape index (κ1) is 30.7. The topological polar surface area (TPSA) is 105 Å². The Morgan fingerprint density at radius 3 is 1.74 bits per heavy atom. The molecular formula is C35H37F2N5O3S. The van der Waals surface area contributed by atoms with E-state index in [4.69, 9.17) is 9.92 Å². The van der Waals surface area contributed by atoms with Crippen molar-refractivity contribution in [3.05, 3.63) is 106 Å². The average molecular weight is 646 g/mol. The molecule has 2 saturated carbocycles. The molecule has 0 unspecified atom stereocenters. The Labute approximate surface area is 267 Å². The van der Waals surface area contributed by atoms with E-state index in [-0.39, 0.29) is 34.6 Å². The van der Waals surface area contributed by atoms with Crippen molar-refractivity contribution in [2.24, 2.45) is 16.6 Å². The van der Waals surface area contributed by atoms with Gasteiger partial charge >= 0.3 is 0 Å². The van der Waals surface area contributed by atoms with Crippen molar-refractivity contribution in [3.63, 3.8) is 0 Å². The highest BCUT2D eigenvalue weighted by molar-refractivity contribution is 7.86. The van der Waals surface area contributed by atoms with Crippen molar-refractivity contribution in [2.75, 3.05) is 6.26 Å². The SMILES string of the molecule is C[C@]12Cc3cnn(-c4ccc(F)cc4)c3C=C1CC[C@@H]2OS(C)(=O)=O.C[C@]12Cc3cnn(-c4ccc(F)cc4)c3C=C1CC[C@H]2N. The number of benzene rings is 2. The van der Waals surface area contributed by atoms with Gasteiger partial charge in [0.25, 0.3) is 10.1 Å². The molecule has 2 aromatic carbocycles. The average Bonchev–Trinajstić information content (AvgIpc) is 3.75. The first-order chi connectivity index (χ1) is 21.8. The van der Waals surface area contributed by atoms with Crippen LogP contribution in [0.4, 0.5) is 8.78 Å². The van der Waals surface area contributed by atoms with Gasteiger partial charge in [0.05, 0.1) is 47.5 Å². The van der Waals surface area contributed by atoms with Crippen LogP contribution in [0.25, 0.3) is 23.5 Å². The van der Waals surface area contributed by atoms with Gasteiger partial charge in [-0.05, 0) is 110 Å². The fourth-order valence-electron chi connectivity index (χ4n) is 7.62. The number of halogens is 2. The first-order valence-corrected chi connectivity index (χ1v) is 17.4. The molecule has 8 nitrogen and oxygen atoms in total. The van der Waals surface area contributed by atoms with E-state index in [1.165, 1.54) is 41.0 Å². The highest BCUT2D eigenvalue weighted by Gasteiger charge is 2.48. The number of rotatable bonds is 4. The monoisotopic (exact) mass is 645 g/mol. The van der Waals surface area contributed by atoms with Gasteiger partial charge in [0.15, 0.2) is 0 Å². The van der Waals surface area contributed by atoms with E-state index in [1.807, 2.05) is 10.9 Å². The minimum Gasteiger partial charge on any atom is -0.327 e. The van der Waals surface area contributed by atoms with Gasteiger partial charge in [-0.2, -0.15) is 18.6 Å². The molecule has 4 aromatic rings.